The molecule has 0 bridgehead atoms. The Morgan fingerprint density at radius 1 is 1.21 bits per heavy atom. The molecule has 1 aromatic rings. The fourth-order valence-electron chi connectivity index (χ4n) is 2.90. The van der Waals surface area contributed by atoms with Gasteiger partial charge in [-0.15, -0.1) is 0 Å². The maximum absolute atomic E-state index is 5.06. The second-order valence-corrected chi connectivity index (χ2v) is 5.63. The van der Waals surface area contributed by atoms with Crippen molar-refractivity contribution < 1.29 is 4.74 Å². The molecule has 0 amide bonds. The van der Waals surface area contributed by atoms with Crippen molar-refractivity contribution in [3.8, 4) is 5.88 Å². The summed E-state index contributed by atoms with van der Waals surface area (Å²) in [5.41, 5.74) is 1.23. The van der Waals surface area contributed by atoms with Crippen LogP contribution in [0.25, 0.3) is 0 Å². The van der Waals surface area contributed by atoms with Crippen LogP contribution in [0.15, 0.2) is 18.3 Å². The number of nitrogens with zero attached hydrogens (tertiary/aromatic N) is 1. The Morgan fingerprint density at radius 2 is 1.95 bits per heavy atom. The van der Waals surface area contributed by atoms with Crippen LogP contribution in [-0.4, -0.2) is 18.6 Å². The average Bonchev–Trinajstić information content (AvgIpc) is 2.49. The van der Waals surface area contributed by atoms with Crippen molar-refractivity contribution in [3.63, 3.8) is 0 Å². The SMILES string of the molecule is CCC1CCC(CNCc2ccc(OC)nc2)CC1. The van der Waals surface area contributed by atoms with Gasteiger partial charge in [0.2, 0.25) is 5.88 Å². The van der Waals surface area contributed by atoms with Crippen molar-refractivity contribution in [1.29, 1.82) is 0 Å². The van der Waals surface area contributed by atoms with E-state index in [1.54, 1.807) is 7.11 Å². The van der Waals surface area contributed by atoms with Crippen molar-refractivity contribution >= 4 is 0 Å². The van der Waals surface area contributed by atoms with Gasteiger partial charge in [-0.25, -0.2) is 4.98 Å². The molecule has 0 spiro atoms. The number of nitrogens with one attached hydrogen (secondary N) is 1. The Labute approximate surface area is 116 Å². The standard InChI is InChI=1S/C16H26N2O/c1-3-13-4-6-14(7-5-13)10-17-11-15-8-9-16(19-2)18-12-15/h8-9,12-14,17H,3-7,10-11H2,1-2H3. The van der Waals surface area contributed by atoms with Gasteiger partial charge in [0, 0.05) is 18.8 Å². The Hall–Kier alpha value is -1.09. The first-order valence-corrected chi connectivity index (χ1v) is 7.51. The summed E-state index contributed by atoms with van der Waals surface area (Å²) >= 11 is 0. The third kappa shape index (κ3) is 4.50. The molecule has 0 radical (unpaired) electrons. The molecule has 3 heteroatoms. The van der Waals surface area contributed by atoms with Crippen molar-refractivity contribution in [3.05, 3.63) is 23.9 Å². The molecule has 1 aromatic heterocycles. The van der Waals surface area contributed by atoms with Crippen molar-refractivity contribution in [2.75, 3.05) is 13.7 Å². The van der Waals surface area contributed by atoms with E-state index in [1.807, 2.05) is 12.3 Å². The summed E-state index contributed by atoms with van der Waals surface area (Å²) in [5, 5.41) is 3.56. The molecule has 1 aliphatic carbocycles. The average molecular weight is 262 g/mol. The van der Waals surface area contributed by atoms with E-state index in [2.05, 4.69) is 23.3 Å². The van der Waals surface area contributed by atoms with Crippen LogP contribution in [0, 0.1) is 11.8 Å². The third-order valence-corrected chi connectivity index (χ3v) is 4.31. The first-order valence-electron chi connectivity index (χ1n) is 7.51. The monoisotopic (exact) mass is 262 g/mol. The van der Waals surface area contributed by atoms with Crippen LogP contribution in [0.5, 0.6) is 5.88 Å². The smallest absolute Gasteiger partial charge is 0.212 e. The molecule has 3 nitrogen and oxygen atoms in total. The molecule has 19 heavy (non-hydrogen) atoms. The molecule has 0 atom stereocenters. The topological polar surface area (TPSA) is 34.1 Å². The quantitative estimate of drug-likeness (QED) is 0.853. The Balaban J connectivity index is 1.66. The molecule has 1 saturated carbocycles. The summed E-state index contributed by atoms with van der Waals surface area (Å²) in [6.45, 7) is 4.37. The molecule has 1 heterocycles. The lowest BCUT2D eigenvalue weighted by atomic mass is 9.81. The number of aromatic nitrogens is 1. The van der Waals surface area contributed by atoms with Gasteiger partial charge in [0.1, 0.15) is 0 Å². The third-order valence-electron chi connectivity index (χ3n) is 4.31. The number of pyridine rings is 1. The van der Waals surface area contributed by atoms with E-state index in [1.165, 1.54) is 37.7 Å². The maximum atomic E-state index is 5.06. The molecular weight excluding hydrogens is 236 g/mol. The molecule has 0 saturated heterocycles. The number of rotatable bonds is 6. The predicted molar refractivity (Wildman–Crippen MR) is 78.2 cm³/mol. The van der Waals surface area contributed by atoms with Gasteiger partial charge < -0.3 is 10.1 Å². The van der Waals surface area contributed by atoms with Crippen LogP contribution in [0.3, 0.4) is 0 Å². The molecule has 1 N–H and O–H groups in total. The molecule has 0 unspecified atom stereocenters. The van der Waals surface area contributed by atoms with Gasteiger partial charge in [-0.05, 0) is 36.8 Å². The Kier molecular flexibility index (Phi) is 5.64. The lowest BCUT2D eigenvalue weighted by molar-refractivity contribution is 0.262. The highest BCUT2D eigenvalue weighted by atomic mass is 16.5. The van der Waals surface area contributed by atoms with Crippen LogP contribution >= 0.6 is 0 Å². The first kappa shape index (κ1) is 14.3. The molecule has 0 aromatic carbocycles. The van der Waals surface area contributed by atoms with Crippen molar-refractivity contribution in [1.82, 2.24) is 10.3 Å². The zero-order chi connectivity index (χ0) is 13.5. The van der Waals surface area contributed by atoms with Crippen LogP contribution in [-0.2, 0) is 6.54 Å². The predicted octanol–water partition coefficient (Wildman–Crippen LogP) is 3.40. The lowest BCUT2D eigenvalue weighted by Gasteiger charge is -2.27. The second kappa shape index (κ2) is 7.49. The van der Waals surface area contributed by atoms with E-state index in [9.17, 15) is 0 Å². The van der Waals surface area contributed by atoms with Gasteiger partial charge in [-0.3, -0.25) is 0 Å². The van der Waals surface area contributed by atoms with Crippen LogP contribution in [0.4, 0.5) is 0 Å². The number of hydrogen-bond acceptors (Lipinski definition) is 3. The van der Waals surface area contributed by atoms with E-state index in [0.29, 0.717) is 5.88 Å². The van der Waals surface area contributed by atoms with Crippen molar-refractivity contribution in [2.24, 2.45) is 11.8 Å². The molecular formula is C16H26N2O. The summed E-state index contributed by atoms with van der Waals surface area (Å²) in [7, 11) is 1.65. The van der Waals surface area contributed by atoms with Crippen LogP contribution in [0.1, 0.15) is 44.6 Å². The lowest BCUT2D eigenvalue weighted by Crippen LogP contribution is -2.26. The number of methoxy groups -OCH3 is 1. The maximum Gasteiger partial charge on any atom is 0.212 e. The molecule has 2 rings (SSSR count). The van der Waals surface area contributed by atoms with Crippen LogP contribution < -0.4 is 10.1 Å². The van der Waals surface area contributed by atoms with Crippen molar-refractivity contribution in [2.45, 2.75) is 45.6 Å². The van der Waals surface area contributed by atoms with Gasteiger partial charge in [0.05, 0.1) is 7.11 Å². The minimum Gasteiger partial charge on any atom is -0.481 e. The normalized spacial score (nSPS) is 23.3. The van der Waals surface area contributed by atoms with E-state index in [-0.39, 0.29) is 0 Å². The summed E-state index contributed by atoms with van der Waals surface area (Å²) < 4.78 is 5.06. The van der Waals surface area contributed by atoms with Gasteiger partial charge in [-0.1, -0.05) is 32.3 Å². The summed E-state index contributed by atoms with van der Waals surface area (Å²) in [5.74, 6) is 2.54. The van der Waals surface area contributed by atoms with Gasteiger partial charge in [-0.2, -0.15) is 0 Å². The Morgan fingerprint density at radius 3 is 2.53 bits per heavy atom. The van der Waals surface area contributed by atoms with E-state index < -0.39 is 0 Å². The Bertz CT molecular complexity index is 356. The van der Waals surface area contributed by atoms with E-state index >= 15 is 0 Å². The van der Waals surface area contributed by atoms with Gasteiger partial charge in [0.15, 0.2) is 0 Å². The number of hydrogen-bond donors (Lipinski definition) is 1. The summed E-state index contributed by atoms with van der Waals surface area (Å²) in [6.07, 6.45) is 8.89. The number of ether oxygens (including phenoxy) is 1. The second-order valence-electron chi connectivity index (χ2n) is 5.63. The molecule has 1 fully saturated rings. The minimum absolute atomic E-state index is 0.682. The van der Waals surface area contributed by atoms with Gasteiger partial charge in [0.25, 0.3) is 0 Å². The highest BCUT2D eigenvalue weighted by molar-refractivity contribution is 5.17. The molecule has 0 aliphatic heterocycles. The fraction of sp³-hybridized carbons (Fsp3) is 0.688. The van der Waals surface area contributed by atoms with E-state index in [0.717, 1.165) is 24.9 Å². The zero-order valence-corrected chi connectivity index (χ0v) is 12.2. The molecule has 1 aliphatic rings. The fourth-order valence-corrected chi connectivity index (χ4v) is 2.90. The minimum atomic E-state index is 0.682. The highest BCUT2D eigenvalue weighted by Gasteiger charge is 2.19. The van der Waals surface area contributed by atoms with Crippen LogP contribution in [0.2, 0.25) is 0 Å². The highest BCUT2D eigenvalue weighted by Crippen LogP contribution is 2.30. The first-order chi connectivity index (χ1) is 9.31. The van der Waals surface area contributed by atoms with Gasteiger partial charge >= 0.3 is 0 Å². The molecule has 106 valence electrons. The largest absolute Gasteiger partial charge is 0.481 e. The summed E-state index contributed by atoms with van der Waals surface area (Å²) in [4.78, 5) is 4.22. The summed E-state index contributed by atoms with van der Waals surface area (Å²) in [6, 6.07) is 4.00. The zero-order valence-electron chi connectivity index (χ0n) is 12.2. The van der Waals surface area contributed by atoms with E-state index in [4.69, 9.17) is 4.74 Å².